The van der Waals surface area contributed by atoms with Gasteiger partial charge in [-0.2, -0.15) is 0 Å². The number of fused-ring (bicyclic) bond motifs is 1. The predicted octanol–water partition coefficient (Wildman–Crippen LogP) is 3.35. The van der Waals surface area contributed by atoms with Crippen molar-refractivity contribution in [1.29, 1.82) is 0 Å². The smallest absolute Gasteiger partial charge is 0.273 e. The van der Waals surface area contributed by atoms with E-state index in [9.17, 15) is 4.79 Å². The Morgan fingerprint density at radius 1 is 1.14 bits per heavy atom. The topological polar surface area (TPSA) is 67.6 Å². The lowest BCUT2D eigenvalue weighted by atomic mass is 9.97. The van der Waals surface area contributed by atoms with Crippen LogP contribution in [0.4, 0.5) is 0 Å². The number of nitrogens with one attached hydrogen (secondary N) is 1. The molecule has 6 nitrogen and oxygen atoms in total. The van der Waals surface area contributed by atoms with E-state index < -0.39 is 0 Å². The van der Waals surface area contributed by atoms with Gasteiger partial charge in [0.25, 0.3) is 5.91 Å². The second kappa shape index (κ2) is 9.03. The summed E-state index contributed by atoms with van der Waals surface area (Å²) in [5.41, 5.74) is 3.93. The molecule has 0 saturated heterocycles. The van der Waals surface area contributed by atoms with E-state index in [-0.39, 0.29) is 17.7 Å². The summed E-state index contributed by atoms with van der Waals surface area (Å²) in [6.07, 6.45) is 0.774. The van der Waals surface area contributed by atoms with Crippen molar-refractivity contribution < 1.29 is 14.1 Å². The molecule has 0 fully saturated rings. The van der Waals surface area contributed by atoms with Crippen LogP contribution in [-0.2, 0) is 24.2 Å². The SMILES string of the molecule is CN(Cc1ccccc1)Cc1cc(C(=O)NCC2OCCc3ccccc32)no1. The number of carbonyl (C=O) groups is 1. The molecule has 29 heavy (non-hydrogen) atoms. The zero-order valence-corrected chi connectivity index (χ0v) is 16.5. The normalized spacial score (nSPS) is 15.9. The molecular formula is C23H25N3O3. The maximum absolute atomic E-state index is 12.5. The minimum atomic E-state index is -0.252. The third kappa shape index (κ3) is 4.91. The molecule has 0 spiro atoms. The maximum atomic E-state index is 12.5. The molecular weight excluding hydrogens is 366 g/mol. The van der Waals surface area contributed by atoms with Crippen LogP contribution in [0.2, 0.25) is 0 Å². The second-order valence-electron chi connectivity index (χ2n) is 7.35. The van der Waals surface area contributed by atoms with Crippen LogP contribution in [0, 0.1) is 0 Å². The number of hydrogen-bond acceptors (Lipinski definition) is 5. The summed E-state index contributed by atoms with van der Waals surface area (Å²) in [6.45, 7) is 2.45. The molecule has 1 atom stereocenters. The van der Waals surface area contributed by atoms with Gasteiger partial charge in [0.05, 0.1) is 13.2 Å². The van der Waals surface area contributed by atoms with Crippen molar-refractivity contribution in [1.82, 2.24) is 15.4 Å². The number of benzene rings is 2. The van der Waals surface area contributed by atoms with Gasteiger partial charge in [-0.05, 0) is 30.2 Å². The molecule has 1 aliphatic rings. The Morgan fingerprint density at radius 3 is 2.79 bits per heavy atom. The first kappa shape index (κ1) is 19.4. The molecule has 1 aromatic heterocycles. The van der Waals surface area contributed by atoms with Gasteiger partial charge in [0.15, 0.2) is 11.5 Å². The van der Waals surface area contributed by atoms with E-state index in [0.717, 1.165) is 18.5 Å². The van der Waals surface area contributed by atoms with Crippen LogP contribution >= 0.6 is 0 Å². The van der Waals surface area contributed by atoms with Crippen molar-refractivity contribution in [3.05, 3.63) is 88.8 Å². The van der Waals surface area contributed by atoms with E-state index in [1.165, 1.54) is 11.1 Å². The Bertz CT molecular complexity index is 955. The summed E-state index contributed by atoms with van der Waals surface area (Å²) in [5, 5.41) is 6.85. The van der Waals surface area contributed by atoms with Crippen molar-refractivity contribution in [2.45, 2.75) is 25.6 Å². The molecule has 0 saturated carbocycles. The number of rotatable bonds is 7. The van der Waals surface area contributed by atoms with Gasteiger partial charge in [-0.1, -0.05) is 59.8 Å². The van der Waals surface area contributed by atoms with Crippen LogP contribution in [0.15, 0.2) is 65.2 Å². The highest BCUT2D eigenvalue weighted by atomic mass is 16.5. The second-order valence-corrected chi connectivity index (χ2v) is 7.35. The lowest BCUT2D eigenvalue weighted by molar-refractivity contribution is 0.0410. The number of nitrogens with zero attached hydrogens (tertiary/aromatic N) is 2. The fourth-order valence-corrected chi connectivity index (χ4v) is 3.63. The van der Waals surface area contributed by atoms with E-state index >= 15 is 0 Å². The van der Waals surface area contributed by atoms with E-state index in [0.29, 0.717) is 25.5 Å². The first-order chi connectivity index (χ1) is 14.2. The maximum Gasteiger partial charge on any atom is 0.273 e. The average molecular weight is 391 g/mol. The Labute approximate surface area is 170 Å². The minimum Gasteiger partial charge on any atom is -0.371 e. The summed E-state index contributed by atoms with van der Waals surface area (Å²) in [4.78, 5) is 14.6. The van der Waals surface area contributed by atoms with Gasteiger partial charge in [0.1, 0.15) is 6.10 Å². The van der Waals surface area contributed by atoms with Crippen LogP contribution in [0.3, 0.4) is 0 Å². The summed E-state index contributed by atoms with van der Waals surface area (Å²) in [5.74, 6) is 0.408. The van der Waals surface area contributed by atoms with Gasteiger partial charge in [-0.25, -0.2) is 0 Å². The fraction of sp³-hybridized carbons (Fsp3) is 0.304. The Morgan fingerprint density at radius 2 is 1.93 bits per heavy atom. The first-order valence-electron chi connectivity index (χ1n) is 9.84. The van der Waals surface area contributed by atoms with E-state index in [4.69, 9.17) is 9.26 Å². The van der Waals surface area contributed by atoms with Crippen molar-refractivity contribution >= 4 is 5.91 Å². The standard InChI is InChI=1S/C23H25N3O3/c1-26(15-17-7-3-2-4-8-17)16-19-13-21(25-29-19)23(27)24-14-22-20-10-6-5-9-18(20)11-12-28-22/h2-10,13,22H,11-12,14-16H2,1H3,(H,24,27). The van der Waals surface area contributed by atoms with Crippen LogP contribution < -0.4 is 5.32 Å². The highest BCUT2D eigenvalue weighted by Gasteiger charge is 2.22. The van der Waals surface area contributed by atoms with Gasteiger partial charge >= 0.3 is 0 Å². The molecule has 4 rings (SSSR count). The van der Waals surface area contributed by atoms with Gasteiger partial charge in [0, 0.05) is 19.2 Å². The minimum absolute atomic E-state index is 0.132. The van der Waals surface area contributed by atoms with Gasteiger partial charge < -0.3 is 14.6 Å². The van der Waals surface area contributed by atoms with E-state index in [2.05, 4.69) is 39.6 Å². The molecule has 2 heterocycles. The molecule has 1 amide bonds. The zero-order valence-electron chi connectivity index (χ0n) is 16.5. The monoisotopic (exact) mass is 391 g/mol. The third-order valence-corrected chi connectivity index (χ3v) is 5.05. The molecule has 1 aliphatic heterocycles. The summed E-state index contributed by atoms with van der Waals surface area (Å²) >= 11 is 0. The molecule has 3 aromatic rings. The largest absolute Gasteiger partial charge is 0.371 e. The molecule has 1 N–H and O–H groups in total. The Balaban J connectivity index is 1.31. The molecule has 2 aromatic carbocycles. The highest BCUT2D eigenvalue weighted by Crippen LogP contribution is 2.26. The number of amides is 1. The van der Waals surface area contributed by atoms with Gasteiger partial charge in [-0.3, -0.25) is 9.69 Å². The lowest BCUT2D eigenvalue weighted by Gasteiger charge is -2.26. The first-order valence-corrected chi connectivity index (χ1v) is 9.84. The van der Waals surface area contributed by atoms with E-state index in [1.807, 2.05) is 37.4 Å². The lowest BCUT2D eigenvalue weighted by Crippen LogP contribution is -2.32. The van der Waals surface area contributed by atoms with Gasteiger partial charge in [-0.15, -0.1) is 0 Å². The predicted molar refractivity (Wildman–Crippen MR) is 109 cm³/mol. The fourth-order valence-electron chi connectivity index (χ4n) is 3.63. The number of carbonyl (C=O) groups excluding carboxylic acids is 1. The summed E-state index contributed by atoms with van der Waals surface area (Å²) in [6, 6.07) is 20.1. The molecule has 0 bridgehead atoms. The Kier molecular flexibility index (Phi) is 6.03. The van der Waals surface area contributed by atoms with Crippen LogP contribution in [0.1, 0.15) is 39.0 Å². The van der Waals surface area contributed by atoms with Crippen LogP contribution in [-0.4, -0.2) is 36.2 Å². The molecule has 0 radical (unpaired) electrons. The molecule has 0 aliphatic carbocycles. The van der Waals surface area contributed by atoms with Crippen molar-refractivity contribution in [2.75, 3.05) is 20.2 Å². The molecule has 150 valence electrons. The highest BCUT2D eigenvalue weighted by molar-refractivity contribution is 5.92. The average Bonchev–Trinajstić information content (AvgIpc) is 3.21. The van der Waals surface area contributed by atoms with Crippen molar-refractivity contribution in [3.8, 4) is 0 Å². The quantitative estimate of drug-likeness (QED) is 0.669. The number of ether oxygens (including phenoxy) is 1. The van der Waals surface area contributed by atoms with Crippen LogP contribution in [0.25, 0.3) is 0 Å². The zero-order chi connectivity index (χ0) is 20.1. The summed E-state index contributed by atoms with van der Waals surface area (Å²) in [7, 11) is 2.01. The number of hydrogen-bond donors (Lipinski definition) is 1. The van der Waals surface area contributed by atoms with Crippen LogP contribution in [0.5, 0.6) is 0 Å². The number of aromatic nitrogens is 1. The van der Waals surface area contributed by atoms with Crippen molar-refractivity contribution in [3.63, 3.8) is 0 Å². The molecule has 1 unspecified atom stereocenters. The third-order valence-electron chi connectivity index (χ3n) is 5.05. The Hall–Kier alpha value is -2.96. The van der Waals surface area contributed by atoms with Gasteiger partial charge in [0.2, 0.25) is 0 Å². The van der Waals surface area contributed by atoms with E-state index in [1.54, 1.807) is 6.07 Å². The molecule has 6 heteroatoms. The summed E-state index contributed by atoms with van der Waals surface area (Å²) < 4.78 is 11.2. The van der Waals surface area contributed by atoms with Crippen molar-refractivity contribution in [2.24, 2.45) is 0 Å².